The van der Waals surface area contributed by atoms with Crippen LogP contribution in [0.4, 0.5) is 0 Å². The van der Waals surface area contributed by atoms with Gasteiger partial charge in [-0.2, -0.15) is 0 Å². The molecule has 1 aromatic heterocycles. The summed E-state index contributed by atoms with van der Waals surface area (Å²) in [6.45, 7) is 1.11. The molecule has 1 amide bonds. The summed E-state index contributed by atoms with van der Waals surface area (Å²) in [5.41, 5.74) is 2.47. The lowest BCUT2D eigenvalue weighted by atomic mass is 10.1. The van der Waals surface area contributed by atoms with Crippen LogP contribution in [0.5, 0.6) is 0 Å². The van der Waals surface area contributed by atoms with Gasteiger partial charge in [-0.05, 0) is 22.6 Å². The topological polar surface area (TPSA) is 32.3 Å². The molecule has 0 radical (unpaired) electrons. The van der Waals surface area contributed by atoms with Crippen molar-refractivity contribution in [2.45, 2.75) is 6.54 Å². The Morgan fingerprint density at radius 3 is 2.63 bits per heavy atom. The van der Waals surface area contributed by atoms with Crippen LogP contribution in [-0.2, 0) is 11.3 Å². The first-order chi connectivity index (χ1) is 9.16. The van der Waals surface area contributed by atoms with Crippen molar-refractivity contribution in [1.82, 2.24) is 10.2 Å². The van der Waals surface area contributed by atoms with E-state index in [9.17, 15) is 4.79 Å². The molecule has 0 fully saturated rings. The van der Waals surface area contributed by atoms with Gasteiger partial charge in [0.2, 0.25) is 5.91 Å². The summed E-state index contributed by atoms with van der Waals surface area (Å²) < 4.78 is 0. The monoisotopic (exact) mass is 274 g/mol. The second kappa shape index (κ2) is 6.50. The van der Waals surface area contributed by atoms with E-state index >= 15 is 0 Å². The molecule has 0 saturated carbocycles. The fourth-order valence-corrected chi connectivity index (χ4v) is 2.57. The Labute approximate surface area is 117 Å². The number of carbonyl (C=O) groups excluding carboxylic acids is 1. The second-order valence-corrected chi connectivity index (χ2v) is 5.56. The maximum absolute atomic E-state index is 11.4. The molecule has 2 aromatic rings. The number of benzene rings is 1. The van der Waals surface area contributed by atoms with Gasteiger partial charge in [-0.1, -0.05) is 30.3 Å². The number of thiophene rings is 1. The summed E-state index contributed by atoms with van der Waals surface area (Å²) >= 11 is 1.72. The Bertz CT molecular complexity index is 534. The number of nitrogens with one attached hydrogen (secondary N) is 1. The second-order valence-electron chi connectivity index (χ2n) is 4.56. The molecule has 1 heterocycles. The van der Waals surface area contributed by atoms with Crippen molar-refractivity contribution in [2.24, 2.45) is 0 Å². The van der Waals surface area contributed by atoms with E-state index in [1.807, 2.05) is 18.2 Å². The Balaban J connectivity index is 1.90. The summed E-state index contributed by atoms with van der Waals surface area (Å²) in [4.78, 5) is 14.3. The molecule has 0 aliphatic carbocycles. The Morgan fingerprint density at radius 1 is 1.21 bits per heavy atom. The van der Waals surface area contributed by atoms with E-state index in [1.165, 1.54) is 16.0 Å². The first kappa shape index (κ1) is 13.8. The maximum atomic E-state index is 11.4. The third-order valence-electron chi connectivity index (χ3n) is 2.84. The zero-order valence-electron chi connectivity index (χ0n) is 11.2. The van der Waals surface area contributed by atoms with Crippen LogP contribution in [0.1, 0.15) is 4.88 Å². The highest BCUT2D eigenvalue weighted by atomic mass is 32.1. The van der Waals surface area contributed by atoms with Gasteiger partial charge in [0.25, 0.3) is 0 Å². The molecule has 0 saturated heterocycles. The molecule has 0 aliphatic rings. The number of nitrogens with zero attached hydrogens (tertiary/aromatic N) is 1. The van der Waals surface area contributed by atoms with Crippen LogP contribution in [0, 0.1) is 0 Å². The van der Waals surface area contributed by atoms with E-state index < -0.39 is 0 Å². The first-order valence-corrected chi connectivity index (χ1v) is 7.08. The molecule has 2 rings (SSSR count). The zero-order chi connectivity index (χ0) is 13.7. The van der Waals surface area contributed by atoms with Crippen molar-refractivity contribution in [3.63, 3.8) is 0 Å². The van der Waals surface area contributed by atoms with E-state index in [0.717, 1.165) is 6.54 Å². The van der Waals surface area contributed by atoms with E-state index in [1.54, 1.807) is 30.3 Å². The molecular weight excluding hydrogens is 256 g/mol. The summed E-state index contributed by atoms with van der Waals surface area (Å²) in [6.07, 6.45) is 0. The molecule has 3 nitrogen and oxygen atoms in total. The minimum absolute atomic E-state index is 0.0971. The number of amides is 1. The lowest BCUT2D eigenvalue weighted by molar-refractivity contribution is -0.127. The molecule has 4 heteroatoms. The van der Waals surface area contributed by atoms with Crippen LogP contribution in [0.25, 0.3) is 11.1 Å². The molecule has 19 heavy (non-hydrogen) atoms. The van der Waals surface area contributed by atoms with Crippen molar-refractivity contribution in [3.05, 3.63) is 46.7 Å². The van der Waals surface area contributed by atoms with E-state index in [4.69, 9.17) is 0 Å². The average Bonchev–Trinajstić information content (AvgIpc) is 2.88. The fraction of sp³-hybridized carbons (Fsp3) is 0.267. The van der Waals surface area contributed by atoms with Gasteiger partial charge < -0.3 is 10.2 Å². The van der Waals surface area contributed by atoms with Gasteiger partial charge in [0.15, 0.2) is 0 Å². The summed E-state index contributed by atoms with van der Waals surface area (Å²) in [5.74, 6) is 0.0971. The summed E-state index contributed by atoms with van der Waals surface area (Å²) in [7, 11) is 3.53. The maximum Gasteiger partial charge on any atom is 0.236 e. The highest BCUT2D eigenvalue weighted by Gasteiger charge is 2.05. The number of likely N-dealkylation sites (N-methyl/N-ethyl adjacent to an activating group) is 1. The van der Waals surface area contributed by atoms with Crippen LogP contribution in [0.15, 0.2) is 41.8 Å². The van der Waals surface area contributed by atoms with Crippen LogP contribution in [-0.4, -0.2) is 31.4 Å². The number of hydrogen-bond acceptors (Lipinski definition) is 3. The molecule has 0 spiro atoms. The van der Waals surface area contributed by atoms with Crippen molar-refractivity contribution in [3.8, 4) is 11.1 Å². The van der Waals surface area contributed by atoms with E-state index in [2.05, 4.69) is 28.9 Å². The van der Waals surface area contributed by atoms with Gasteiger partial charge in [0.05, 0.1) is 6.54 Å². The predicted molar refractivity (Wildman–Crippen MR) is 80.2 cm³/mol. The van der Waals surface area contributed by atoms with Gasteiger partial charge in [0, 0.05) is 25.5 Å². The molecule has 1 N–H and O–H groups in total. The molecule has 100 valence electrons. The van der Waals surface area contributed by atoms with Gasteiger partial charge >= 0.3 is 0 Å². The Kier molecular flexibility index (Phi) is 4.71. The SMILES string of the molecule is CN(C)C(=O)CNCc1cc(-c2ccccc2)cs1. The number of hydrogen-bond donors (Lipinski definition) is 1. The normalized spacial score (nSPS) is 10.4. The van der Waals surface area contributed by atoms with Crippen molar-refractivity contribution in [1.29, 1.82) is 0 Å². The highest BCUT2D eigenvalue weighted by Crippen LogP contribution is 2.25. The summed E-state index contributed by atoms with van der Waals surface area (Å²) in [5, 5.41) is 5.32. The number of carbonyl (C=O) groups is 1. The van der Waals surface area contributed by atoms with Crippen molar-refractivity contribution >= 4 is 17.2 Å². The standard InChI is InChI=1S/C15H18N2OS/c1-17(2)15(18)10-16-9-14-8-13(11-19-14)12-6-4-3-5-7-12/h3-8,11,16H,9-10H2,1-2H3. The molecule has 0 unspecified atom stereocenters. The quantitative estimate of drug-likeness (QED) is 0.909. The van der Waals surface area contributed by atoms with Gasteiger partial charge in [-0.25, -0.2) is 0 Å². The van der Waals surface area contributed by atoms with Crippen LogP contribution in [0.3, 0.4) is 0 Å². The van der Waals surface area contributed by atoms with E-state index in [0.29, 0.717) is 6.54 Å². The molecule has 0 bridgehead atoms. The molecule has 0 atom stereocenters. The lowest BCUT2D eigenvalue weighted by Crippen LogP contribution is -2.32. The smallest absolute Gasteiger partial charge is 0.236 e. The van der Waals surface area contributed by atoms with Gasteiger partial charge in [-0.3, -0.25) is 4.79 Å². The third-order valence-corrected chi connectivity index (χ3v) is 3.77. The van der Waals surface area contributed by atoms with Crippen molar-refractivity contribution < 1.29 is 4.79 Å². The first-order valence-electron chi connectivity index (χ1n) is 6.20. The van der Waals surface area contributed by atoms with Crippen molar-refractivity contribution in [2.75, 3.05) is 20.6 Å². The Morgan fingerprint density at radius 2 is 1.95 bits per heavy atom. The van der Waals surface area contributed by atoms with Crippen LogP contribution >= 0.6 is 11.3 Å². The van der Waals surface area contributed by atoms with Crippen LogP contribution < -0.4 is 5.32 Å². The minimum atomic E-state index is 0.0971. The predicted octanol–water partition coefficient (Wildman–Crippen LogP) is 2.59. The molecule has 1 aromatic carbocycles. The fourth-order valence-electron chi connectivity index (χ4n) is 1.71. The summed E-state index contributed by atoms with van der Waals surface area (Å²) in [6, 6.07) is 12.5. The largest absolute Gasteiger partial charge is 0.348 e. The minimum Gasteiger partial charge on any atom is -0.348 e. The zero-order valence-corrected chi connectivity index (χ0v) is 12.0. The Hall–Kier alpha value is -1.65. The van der Waals surface area contributed by atoms with Gasteiger partial charge in [0.1, 0.15) is 0 Å². The van der Waals surface area contributed by atoms with Crippen LogP contribution in [0.2, 0.25) is 0 Å². The lowest BCUT2D eigenvalue weighted by Gasteiger charge is -2.10. The molecule has 0 aliphatic heterocycles. The third kappa shape index (κ3) is 3.91. The van der Waals surface area contributed by atoms with E-state index in [-0.39, 0.29) is 5.91 Å². The average molecular weight is 274 g/mol. The molecular formula is C15H18N2OS. The highest BCUT2D eigenvalue weighted by molar-refractivity contribution is 7.10. The van der Waals surface area contributed by atoms with Gasteiger partial charge in [-0.15, -0.1) is 11.3 Å². The number of rotatable bonds is 5.